The zero-order valence-corrected chi connectivity index (χ0v) is 16.2. The fraction of sp³-hybridized carbons (Fsp3) is 0.316. The molecule has 0 saturated carbocycles. The van der Waals surface area contributed by atoms with E-state index in [0.717, 1.165) is 41.0 Å². The van der Waals surface area contributed by atoms with Gasteiger partial charge in [-0.15, -0.1) is 11.3 Å². The number of aryl methyl sites for hydroxylation is 1. The summed E-state index contributed by atoms with van der Waals surface area (Å²) in [6, 6.07) is 10.2. The van der Waals surface area contributed by atoms with Gasteiger partial charge in [-0.2, -0.15) is 5.10 Å². The molecule has 0 aliphatic rings. The maximum absolute atomic E-state index is 4.79. The number of thiazole rings is 1. The van der Waals surface area contributed by atoms with E-state index >= 15 is 0 Å². The van der Waals surface area contributed by atoms with Gasteiger partial charge >= 0.3 is 0 Å². The molecule has 136 valence electrons. The molecular formula is C19H24N6S. The molecule has 0 amide bonds. The van der Waals surface area contributed by atoms with Crippen LogP contribution in [0.3, 0.4) is 0 Å². The Bertz CT molecular complexity index is 853. The molecule has 6 nitrogen and oxygen atoms in total. The molecule has 1 N–H and O–H groups in total. The lowest BCUT2D eigenvalue weighted by Crippen LogP contribution is -2.38. The summed E-state index contributed by atoms with van der Waals surface area (Å²) in [4.78, 5) is 11.4. The number of rotatable bonds is 6. The molecule has 2 aromatic heterocycles. The summed E-state index contributed by atoms with van der Waals surface area (Å²) in [7, 11) is 2.04. The number of hydrogen-bond donors (Lipinski definition) is 1. The molecule has 0 spiro atoms. The van der Waals surface area contributed by atoms with E-state index in [1.165, 1.54) is 0 Å². The Labute approximate surface area is 158 Å². The van der Waals surface area contributed by atoms with E-state index in [1.807, 2.05) is 43.0 Å². The maximum atomic E-state index is 4.79. The lowest BCUT2D eigenvalue weighted by molar-refractivity contribution is 0.471. The quantitative estimate of drug-likeness (QED) is 0.536. The maximum Gasteiger partial charge on any atom is 0.194 e. The number of hydrogen-bond acceptors (Lipinski definition) is 4. The second-order valence-corrected chi connectivity index (χ2v) is 7.07. The summed E-state index contributed by atoms with van der Waals surface area (Å²) >= 11 is 1.68. The Morgan fingerprint density at radius 2 is 2.23 bits per heavy atom. The second kappa shape index (κ2) is 8.62. The zero-order chi connectivity index (χ0) is 18.4. The second-order valence-electron chi connectivity index (χ2n) is 6.00. The normalized spacial score (nSPS) is 11.6. The smallest absolute Gasteiger partial charge is 0.194 e. The Kier molecular flexibility index (Phi) is 6.01. The summed E-state index contributed by atoms with van der Waals surface area (Å²) < 4.78 is 1.86. The van der Waals surface area contributed by atoms with Gasteiger partial charge in [0.1, 0.15) is 0 Å². The molecule has 0 unspecified atom stereocenters. The molecule has 3 aromatic rings. The molecule has 0 aliphatic carbocycles. The van der Waals surface area contributed by atoms with Crippen molar-refractivity contribution in [1.82, 2.24) is 25.0 Å². The Morgan fingerprint density at radius 3 is 2.92 bits per heavy atom. The summed E-state index contributed by atoms with van der Waals surface area (Å²) in [5.74, 6) is 0.877. The highest BCUT2D eigenvalue weighted by Crippen LogP contribution is 2.12. The number of guanidine groups is 1. The molecule has 26 heavy (non-hydrogen) atoms. The third kappa shape index (κ3) is 4.70. The van der Waals surface area contributed by atoms with E-state index < -0.39 is 0 Å². The number of aromatic nitrogens is 3. The molecule has 1 aromatic carbocycles. The van der Waals surface area contributed by atoms with Gasteiger partial charge in [0.05, 0.1) is 29.5 Å². The number of aliphatic imine (C=N–C) groups is 1. The highest BCUT2D eigenvalue weighted by Gasteiger charge is 2.08. The van der Waals surface area contributed by atoms with Gasteiger partial charge in [0.25, 0.3) is 0 Å². The third-order valence-electron chi connectivity index (χ3n) is 3.85. The highest BCUT2D eigenvalue weighted by atomic mass is 32.1. The average molecular weight is 369 g/mol. The van der Waals surface area contributed by atoms with Crippen molar-refractivity contribution < 1.29 is 0 Å². The van der Waals surface area contributed by atoms with Crippen LogP contribution in [0.5, 0.6) is 0 Å². The minimum atomic E-state index is 0.609. The van der Waals surface area contributed by atoms with Crippen LogP contribution in [0.2, 0.25) is 0 Å². The van der Waals surface area contributed by atoms with Gasteiger partial charge in [0.15, 0.2) is 5.96 Å². The number of nitrogens with one attached hydrogen (secondary N) is 1. The first kappa shape index (κ1) is 18.1. The van der Waals surface area contributed by atoms with E-state index in [2.05, 4.69) is 44.7 Å². The van der Waals surface area contributed by atoms with Crippen molar-refractivity contribution >= 4 is 17.3 Å². The first-order chi connectivity index (χ1) is 12.7. The van der Waals surface area contributed by atoms with Crippen LogP contribution in [0.25, 0.3) is 5.69 Å². The monoisotopic (exact) mass is 368 g/mol. The Hall–Kier alpha value is -2.67. The molecule has 3 rings (SSSR count). The first-order valence-corrected chi connectivity index (χ1v) is 9.53. The SMILES string of the molecule is CCNC(=NCc1cccc(-n2cccn2)c1)N(C)Cc1csc(C)n1. The van der Waals surface area contributed by atoms with Gasteiger partial charge in [-0.1, -0.05) is 12.1 Å². The summed E-state index contributed by atoms with van der Waals surface area (Å²) in [6.45, 7) is 6.28. The summed E-state index contributed by atoms with van der Waals surface area (Å²) in [6.07, 6.45) is 3.72. The van der Waals surface area contributed by atoms with Gasteiger partial charge in [0.2, 0.25) is 0 Å². The minimum Gasteiger partial charge on any atom is -0.357 e. The van der Waals surface area contributed by atoms with E-state index in [1.54, 1.807) is 17.5 Å². The molecule has 0 aliphatic heterocycles. The van der Waals surface area contributed by atoms with Crippen LogP contribution in [-0.4, -0.2) is 39.2 Å². The Balaban J connectivity index is 1.71. The van der Waals surface area contributed by atoms with Crippen LogP contribution in [-0.2, 0) is 13.1 Å². The van der Waals surface area contributed by atoms with Crippen LogP contribution < -0.4 is 5.32 Å². The molecule has 2 heterocycles. The number of benzene rings is 1. The van der Waals surface area contributed by atoms with Crippen LogP contribution >= 0.6 is 11.3 Å². The molecule has 7 heteroatoms. The van der Waals surface area contributed by atoms with E-state index in [9.17, 15) is 0 Å². The van der Waals surface area contributed by atoms with E-state index in [4.69, 9.17) is 4.99 Å². The lowest BCUT2D eigenvalue weighted by Gasteiger charge is -2.21. The van der Waals surface area contributed by atoms with Crippen molar-refractivity contribution in [3.8, 4) is 5.69 Å². The van der Waals surface area contributed by atoms with Gasteiger partial charge in [-0.25, -0.2) is 14.7 Å². The molecule has 0 bridgehead atoms. The molecule has 0 fully saturated rings. The molecular weight excluding hydrogens is 344 g/mol. The molecule has 0 saturated heterocycles. The van der Waals surface area contributed by atoms with Crippen LogP contribution in [0.1, 0.15) is 23.2 Å². The van der Waals surface area contributed by atoms with Gasteiger partial charge in [0, 0.05) is 31.4 Å². The zero-order valence-electron chi connectivity index (χ0n) is 15.4. The van der Waals surface area contributed by atoms with Crippen molar-refractivity contribution in [2.45, 2.75) is 26.9 Å². The van der Waals surface area contributed by atoms with Gasteiger partial charge in [-0.05, 0) is 37.6 Å². The summed E-state index contributed by atoms with van der Waals surface area (Å²) in [5.41, 5.74) is 3.26. The van der Waals surface area contributed by atoms with Crippen molar-refractivity contribution in [2.75, 3.05) is 13.6 Å². The minimum absolute atomic E-state index is 0.609. The molecule has 0 radical (unpaired) electrons. The highest BCUT2D eigenvalue weighted by molar-refractivity contribution is 7.09. The van der Waals surface area contributed by atoms with Gasteiger partial charge < -0.3 is 10.2 Å². The third-order valence-corrected chi connectivity index (χ3v) is 4.68. The molecule has 0 atom stereocenters. The first-order valence-electron chi connectivity index (χ1n) is 8.65. The van der Waals surface area contributed by atoms with E-state index in [0.29, 0.717) is 6.54 Å². The van der Waals surface area contributed by atoms with E-state index in [-0.39, 0.29) is 0 Å². The lowest BCUT2D eigenvalue weighted by atomic mass is 10.2. The fourth-order valence-corrected chi connectivity index (χ4v) is 3.26. The average Bonchev–Trinajstić information content (AvgIpc) is 3.31. The van der Waals surface area contributed by atoms with Crippen LogP contribution in [0.15, 0.2) is 53.1 Å². The Morgan fingerprint density at radius 1 is 1.35 bits per heavy atom. The van der Waals surface area contributed by atoms with Crippen LogP contribution in [0.4, 0.5) is 0 Å². The predicted octanol–water partition coefficient (Wildman–Crippen LogP) is 3.23. The van der Waals surface area contributed by atoms with Crippen molar-refractivity contribution in [1.29, 1.82) is 0 Å². The summed E-state index contributed by atoms with van der Waals surface area (Å²) in [5, 5.41) is 10.8. The largest absolute Gasteiger partial charge is 0.357 e. The van der Waals surface area contributed by atoms with Crippen molar-refractivity contribution in [3.05, 3.63) is 64.4 Å². The fourth-order valence-electron chi connectivity index (χ4n) is 2.65. The van der Waals surface area contributed by atoms with Gasteiger partial charge in [-0.3, -0.25) is 0 Å². The predicted molar refractivity (Wildman–Crippen MR) is 107 cm³/mol. The van der Waals surface area contributed by atoms with Crippen molar-refractivity contribution in [3.63, 3.8) is 0 Å². The van der Waals surface area contributed by atoms with Crippen molar-refractivity contribution in [2.24, 2.45) is 4.99 Å². The van der Waals surface area contributed by atoms with Crippen LogP contribution in [0, 0.1) is 6.92 Å². The number of nitrogens with zero attached hydrogens (tertiary/aromatic N) is 5. The standard InChI is InChI=1S/C19H24N6S/c1-4-20-19(24(3)13-17-14-26-15(2)23-17)21-12-16-7-5-8-18(11-16)25-10-6-9-22-25/h5-11,14H,4,12-13H2,1-3H3,(H,20,21). The topological polar surface area (TPSA) is 58.3 Å².